The predicted octanol–water partition coefficient (Wildman–Crippen LogP) is 3.23. The van der Waals surface area contributed by atoms with Crippen LogP contribution in [0.4, 0.5) is 17.1 Å². The van der Waals surface area contributed by atoms with Crippen molar-refractivity contribution < 1.29 is 17.0 Å². The number of hydrogen-bond donors (Lipinski definition) is 0. The van der Waals surface area contributed by atoms with Gasteiger partial charge in [-0.05, 0) is 49.4 Å². The number of aromatic nitrogens is 1. The molecule has 3 rings (SSSR count). The molecule has 0 saturated heterocycles. The van der Waals surface area contributed by atoms with Gasteiger partial charge in [0.25, 0.3) is 0 Å². The summed E-state index contributed by atoms with van der Waals surface area (Å²) in [6.45, 7) is 4.97. The summed E-state index contributed by atoms with van der Waals surface area (Å²) >= 11 is 12.0. The van der Waals surface area contributed by atoms with Crippen LogP contribution in [0.15, 0.2) is 83.3 Å². The Morgan fingerprint density at radius 1 is 0.929 bits per heavy atom. The van der Waals surface area contributed by atoms with Crippen LogP contribution >= 0.6 is 23.2 Å². The van der Waals surface area contributed by atoms with Gasteiger partial charge in [-0.15, -0.1) is 5.11 Å². The summed E-state index contributed by atoms with van der Waals surface area (Å²) in [6.07, 6.45) is 4.17. The average Bonchev–Trinajstić information content (AvgIpc) is 2.69. The van der Waals surface area contributed by atoms with Crippen LogP contribution in [0.5, 0.6) is 0 Å². The van der Waals surface area contributed by atoms with Gasteiger partial charge in [0.05, 0.1) is 17.3 Å². The van der Waals surface area contributed by atoms with Gasteiger partial charge in [-0.2, -0.15) is 5.11 Å². The normalized spacial score (nSPS) is 10.7. The molecule has 0 atom stereocenters. The Morgan fingerprint density at radius 3 is 2.29 bits per heavy atom. The van der Waals surface area contributed by atoms with Crippen molar-refractivity contribution in [2.45, 2.75) is 13.5 Å². The van der Waals surface area contributed by atoms with Crippen LogP contribution in [-0.2, 0) is 6.54 Å². The van der Waals surface area contributed by atoms with Crippen molar-refractivity contribution in [3.05, 3.63) is 83.1 Å². The van der Waals surface area contributed by atoms with E-state index in [2.05, 4.69) is 51.1 Å². The number of anilines is 1. The molecule has 0 bridgehead atoms. The van der Waals surface area contributed by atoms with E-state index in [9.17, 15) is 0 Å². The fourth-order valence-electron chi connectivity index (χ4n) is 2.69. The fourth-order valence-corrected chi connectivity index (χ4v) is 3.14. The van der Waals surface area contributed by atoms with Gasteiger partial charge in [-0.1, -0.05) is 29.3 Å². The van der Waals surface area contributed by atoms with Gasteiger partial charge in [0.15, 0.2) is 18.9 Å². The van der Waals surface area contributed by atoms with Crippen molar-refractivity contribution in [1.82, 2.24) is 0 Å². The average molecular weight is 436 g/mol. The molecule has 0 aliphatic heterocycles. The lowest BCUT2D eigenvalue weighted by Gasteiger charge is -2.21. The van der Waals surface area contributed by atoms with Crippen LogP contribution < -0.4 is 21.9 Å². The summed E-state index contributed by atoms with van der Waals surface area (Å²) in [4.78, 5) is 2.33. The van der Waals surface area contributed by atoms with E-state index in [1.807, 2.05) is 30.3 Å². The molecule has 146 valence electrons. The van der Waals surface area contributed by atoms with Crippen LogP contribution in [0.2, 0.25) is 10.0 Å². The van der Waals surface area contributed by atoms with Gasteiger partial charge in [-0.25, -0.2) is 4.57 Å². The van der Waals surface area contributed by atoms with Crippen LogP contribution in [0.3, 0.4) is 0 Å². The highest BCUT2D eigenvalue weighted by atomic mass is 35.5. The molecule has 3 aromatic rings. The number of rotatable bonds is 7. The van der Waals surface area contributed by atoms with E-state index in [0.29, 0.717) is 15.7 Å². The first-order valence-corrected chi connectivity index (χ1v) is 9.57. The first-order valence-electron chi connectivity index (χ1n) is 8.81. The Bertz CT molecular complexity index is 899. The smallest absolute Gasteiger partial charge is 0.168 e. The molecule has 0 amide bonds. The second-order valence-corrected chi connectivity index (χ2v) is 6.85. The van der Waals surface area contributed by atoms with Gasteiger partial charge in [0, 0.05) is 29.4 Å². The highest BCUT2D eigenvalue weighted by Gasteiger charge is 2.07. The lowest BCUT2D eigenvalue weighted by atomic mass is 10.2. The van der Waals surface area contributed by atoms with Crippen LogP contribution in [0.1, 0.15) is 6.92 Å². The molecule has 0 aliphatic rings. The second-order valence-electron chi connectivity index (χ2n) is 6.01. The van der Waals surface area contributed by atoms with Crippen LogP contribution in [-0.4, -0.2) is 13.1 Å². The van der Waals surface area contributed by atoms with E-state index in [1.165, 1.54) is 0 Å². The molecule has 1 heterocycles. The largest absolute Gasteiger partial charge is 1.00 e. The molecule has 7 heteroatoms. The Morgan fingerprint density at radius 2 is 1.64 bits per heavy atom. The first-order chi connectivity index (χ1) is 13.2. The number of azo groups is 1. The lowest BCUT2D eigenvalue weighted by molar-refractivity contribution is -0.694. The zero-order chi connectivity index (χ0) is 19.1. The highest BCUT2D eigenvalue weighted by Crippen LogP contribution is 2.29. The molecule has 0 N–H and O–H groups in total. The highest BCUT2D eigenvalue weighted by molar-refractivity contribution is 6.36. The Labute approximate surface area is 181 Å². The third-order valence-corrected chi connectivity index (χ3v) is 4.72. The summed E-state index contributed by atoms with van der Waals surface area (Å²) in [7, 11) is 0. The Hall–Kier alpha value is -2.14. The molecular weight excluding hydrogens is 415 g/mol. The van der Waals surface area contributed by atoms with E-state index in [0.717, 1.165) is 31.0 Å². The van der Waals surface area contributed by atoms with Gasteiger partial charge in [0.2, 0.25) is 0 Å². The first kappa shape index (κ1) is 22.2. The van der Waals surface area contributed by atoms with Gasteiger partial charge < -0.3 is 17.3 Å². The SMILES string of the molecule is CCN(CC[n+]1ccccc1)c1ccc(N=Nc2ccc(Cl)cc2Cl)cc1.[Cl-]. The van der Waals surface area contributed by atoms with Crippen LogP contribution in [0, 0.1) is 0 Å². The van der Waals surface area contributed by atoms with E-state index < -0.39 is 0 Å². The molecule has 0 saturated carbocycles. The van der Waals surface area contributed by atoms with Crippen molar-refractivity contribution in [2.24, 2.45) is 10.2 Å². The molecule has 0 spiro atoms. The molecule has 2 aromatic carbocycles. The maximum Gasteiger partial charge on any atom is 0.168 e. The maximum absolute atomic E-state index is 6.12. The van der Waals surface area contributed by atoms with Gasteiger partial charge >= 0.3 is 0 Å². The summed E-state index contributed by atoms with van der Waals surface area (Å²) in [5.41, 5.74) is 2.54. The molecule has 4 nitrogen and oxygen atoms in total. The standard InChI is InChI=1S/C21H21Cl2N4.ClH/c1-2-27(15-14-26-12-4-3-5-13-26)19-9-7-18(8-10-19)24-25-21-11-6-17(22)16-20(21)23;/h3-13,16H,2,14-15H2,1H3;1H/q+1;/p-1. The van der Waals surface area contributed by atoms with Crippen molar-refractivity contribution in [3.8, 4) is 0 Å². The third-order valence-electron chi connectivity index (χ3n) is 4.18. The lowest BCUT2D eigenvalue weighted by Crippen LogP contribution is -3.00. The summed E-state index contributed by atoms with van der Waals surface area (Å²) in [5, 5.41) is 9.53. The number of hydrogen-bond acceptors (Lipinski definition) is 3. The van der Waals surface area contributed by atoms with Crippen LogP contribution in [0.25, 0.3) is 0 Å². The van der Waals surface area contributed by atoms with Crippen molar-refractivity contribution in [1.29, 1.82) is 0 Å². The van der Waals surface area contributed by atoms with E-state index in [-0.39, 0.29) is 12.4 Å². The van der Waals surface area contributed by atoms with Crippen molar-refractivity contribution in [3.63, 3.8) is 0 Å². The minimum Gasteiger partial charge on any atom is -1.00 e. The van der Waals surface area contributed by atoms with Crippen molar-refractivity contribution >= 4 is 40.3 Å². The monoisotopic (exact) mass is 434 g/mol. The number of likely N-dealkylation sites (N-methyl/N-ethyl adjacent to an activating group) is 1. The predicted molar refractivity (Wildman–Crippen MR) is 112 cm³/mol. The van der Waals surface area contributed by atoms with E-state index in [4.69, 9.17) is 23.2 Å². The zero-order valence-electron chi connectivity index (χ0n) is 15.5. The van der Waals surface area contributed by atoms with E-state index in [1.54, 1.807) is 18.2 Å². The minimum absolute atomic E-state index is 0. The summed E-state index contributed by atoms with van der Waals surface area (Å²) < 4.78 is 2.18. The third kappa shape index (κ3) is 6.20. The Balaban J connectivity index is 0.00000280. The molecule has 0 unspecified atom stereocenters. The Kier molecular flexibility index (Phi) is 8.71. The number of benzene rings is 2. The number of halogens is 3. The molecule has 0 aliphatic carbocycles. The quantitative estimate of drug-likeness (QED) is 0.414. The molecule has 1 aromatic heterocycles. The van der Waals surface area contributed by atoms with Gasteiger partial charge in [-0.3, -0.25) is 0 Å². The molecular formula is C21H21Cl3N4. The van der Waals surface area contributed by atoms with Gasteiger partial charge in [0.1, 0.15) is 5.69 Å². The maximum atomic E-state index is 6.12. The molecule has 0 radical (unpaired) electrons. The molecule has 0 fully saturated rings. The summed E-state index contributed by atoms with van der Waals surface area (Å²) in [5.74, 6) is 0. The second kappa shape index (κ2) is 11.0. The fraction of sp³-hybridized carbons (Fsp3) is 0.190. The number of nitrogens with zero attached hydrogens (tertiary/aromatic N) is 4. The molecule has 28 heavy (non-hydrogen) atoms. The summed E-state index contributed by atoms with van der Waals surface area (Å²) in [6, 6.07) is 19.3. The number of pyridine rings is 1. The van der Waals surface area contributed by atoms with E-state index >= 15 is 0 Å². The topological polar surface area (TPSA) is 31.8 Å². The van der Waals surface area contributed by atoms with Crippen molar-refractivity contribution in [2.75, 3.05) is 18.0 Å². The zero-order valence-corrected chi connectivity index (χ0v) is 17.7. The minimum atomic E-state index is 0.